The highest BCUT2D eigenvalue weighted by Gasteiger charge is 2.43. The Hall–Kier alpha value is -1.60. The lowest BCUT2D eigenvalue weighted by molar-refractivity contribution is 0.596. The molecular weight excluding hydrogens is 300 g/mol. The van der Waals surface area contributed by atoms with Gasteiger partial charge in [0.1, 0.15) is 0 Å². The van der Waals surface area contributed by atoms with Gasteiger partial charge in [0.2, 0.25) is 10.0 Å². The van der Waals surface area contributed by atoms with Gasteiger partial charge < -0.3 is 10.6 Å². The van der Waals surface area contributed by atoms with Gasteiger partial charge in [0.25, 0.3) is 0 Å². The molecule has 1 aromatic carbocycles. The van der Waals surface area contributed by atoms with E-state index in [9.17, 15) is 8.42 Å². The van der Waals surface area contributed by atoms with Crippen LogP contribution in [0.2, 0.25) is 0 Å². The van der Waals surface area contributed by atoms with Gasteiger partial charge >= 0.3 is 0 Å². The van der Waals surface area contributed by atoms with E-state index in [1.54, 1.807) is 0 Å². The van der Waals surface area contributed by atoms with E-state index < -0.39 is 10.0 Å². The van der Waals surface area contributed by atoms with Gasteiger partial charge in [-0.1, -0.05) is 30.3 Å². The molecule has 0 saturated heterocycles. The Morgan fingerprint density at radius 3 is 2.50 bits per heavy atom. The van der Waals surface area contributed by atoms with Gasteiger partial charge in [-0.3, -0.25) is 4.99 Å². The molecule has 4 N–H and O–H groups in total. The van der Waals surface area contributed by atoms with Crippen LogP contribution in [0.1, 0.15) is 25.3 Å². The average Bonchev–Trinajstić information content (AvgIpc) is 3.26. The van der Waals surface area contributed by atoms with Crippen LogP contribution >= 0.6 is 0 Å². The summed E-state index contributed by atoms with van der Waals surface area (Å²) in [6.07, 6.45) is 2.27. The van der Waals surface area contributed by atoms with E-state index in [-0.39, 0.29) is 17.7 Å². The second-order valence-corrected chi connectivity index (χ2v) is 7.37. The molecule has 122 valence electrons. The number of nitrogens with two attached hydrogens (primary N) is 1. The van der Waals surface area contributed by atoms with Crippen molar-refractivity contribution in [3.8, 4) is 0 Å². The lowest BCUT2D eigenvalue weighted by Crippen LogP contribution is -2.40. The van der Waals surface area contributed by atoms with E-state index in [2.05, 4.69) is 39.9 Å². The molecule has 1 saturated carbocycles. The Balaban J connectivity index is 1.95. The van der Waals surface area contributed by atoms with E-state index in [0.29, 0.717) is 12.5 Å². The molecule has 7 heteroatoms. The van der Waals surface area contributed by atoms with Crippen molar-refractivity contribution in [1.82, 2.24) is 10.6 Å². The standard InChI is InChI=1S/C15H24N4O2S/c1-2-17-14(18-10-11-22(16,20)21)19-12-15(8-9-15)13-6-4-3-5-7-13/h3-7H,2,8-12H2,1H3,(H2,16,20,21)(H2,17,18,19). The summed E-state index contributed by atoms with van der Waals surface area (Å²) >= 11 is 0. The van der Waals surface area contributed by atoms with Crippen LogP contribution in [0.15, 0.2) is 35.3 Å². The van der Waals surface area contributed by atoms with Crippen LogP contribution in [0.3, 0.4) is 0 Å². The summed E-state index contributed by atoms with van der Waals surface area (Å²) in [5.41, 5.74) is 1.46. The molecule has 1 aliphatic carbocycles. The van der Waals surface area contributed by atoms with Crippen molar-refractivity contribution in [2.75, 3.05) is 25.4 Å². The molecule has 0 aliphatic heterocycles. The highest BCUT2D eigenvalue weighted by molar-refractivity contribution is 7.89. The molecule has 22 heavy (non-hydrogen) atoms. The third-order valence-corrected chi connectivity index (χ3v) is 4.58. The monoisotopic (exact) mass is 324 g/mol. The van der Waals surface area contributed by atoms with Crippen molar-refractivity contribution >= 4 is 16.0 Å². The minimum absolute atomic E-state index is 0.110. The first-order valence-electron chi connectivity index (χ1n) is 7.53. The van der Waals surface area contributed by atoms with Crippen LogP contribution < -0.4 is 15.8 Å². The third-order valence-electron chi connectivity index (χ3n) is 3.80. The minimum Gasteiger partial charge on any atom is -0.357 e. The smallest absolute Gasteiger partial charge is 0.210 e. The molecule has 2 rings (SSSR count). The maximum absolute atomic E-state index is 11.0. The predicted octanol–water partition coefficient (Wildman–Crippen LogP) is 0.562. The number of aliphatic imine (C=N–C) groups is 1. The fraction of sp³-hybridized carbons (Fsp3) is 0.533. The summed E-state index contributed by atoms with van der Waals surface area (Å²) < 4.78 is 21.9. The molecule has 0 atom stereocenters. The fourth-order valence-corrected chi connectivity index (χ4v) is 2.75. The van der Waals surface area contributed by atoms with E-state index in [0.717, 1.165) is 19.4 Å². The minimum atomic E-state index is -3.45. The Kier molecular flexibility index (Phi) is 5.42. The van der Waals surface area contributed by atoms with Crippen LogP contribution in [0.4, 0.5) is 0 Å². The summed E-state index contributed by atoms with van der Waals surface area (Å²) in [6.45, 7) is 3.64. The summed E-state index contributed by atoms with van der Waals surface area (Å²) in [5, 5.41) is 11.1. The van der Waals surface area contributed by atoms with Crippen molar-refractivity contribution in [3.05, 3.63) is 35.9 Å². The predicted molar refractivity (Wildman–Crippen MR) is 89.3 cm³/mol. The van der Waals surface area contributed by atoms with Crippen molar-refractivity contribution in [2.24, 2.45) is 10.1 Å². The highest BCUT2D eigenvalue weighted by Crippen LogP contribution is 2.48. The maximum atomic E-state index is 11.0. The SMILES string of the molecule is CCNC(=NCC1(c2ccccc2)CC1)NCCS(N)(=O)=O. The van der Waals surface area contributed by atoms with Gasteiger partial charge in [-0.2, -0.15) is 0 Å². The summed E-state index contributed by atoms with van der Waals surface area (Å²) in [6, 6.07) is 10.4. The fourth-order valence-electron chi connectivity index (χ4n) is 2.36. The largest absolute Gasteiger partial charge is 0.357 e. The Morgan fingerprint density at radius 1 is 1.27 bits per heavy atom. The summed E-state index contributed by atoms with van der Waals surface area (Å²) in [5.74, 6) is 0.523. The first-order chi connectivity index (χ1) is 10.5. The van der Waals surface area contributed by atoms with Gasteiger partial charge in [-0.15, -0.1) is 0 Å². The van der Waals surface area contributed by atoms with Crippen LogP contribution in [0, 0.1) is 0 Å². The molecule has 0 aromatic heterocycles. The van der Waals surface area contributed by atoms with Crippen LogP contribution in [-0.2, 0) is 15.4 Å². The zero-order valence-electron chi connectivity index (χ0n) is 12.9. The molecule has 0 radical (unpaired) electrons. The number of hydrogen-bond acceptors (Lipinski definition) is 3. The number of guanidine groups is 1. The van der Waals surface area contributed by atoms with Crippen molar-refractivity contribution in [2.45, 2.75) is 25.2 Å². The molecule has 0 heterocycles. The molecule has 0 spiro atoms. The van der Waals surface area contributed by atoms with Gasteiger partial charge in [-0.05, 0) is 25.3 Å². The van der Waals surface area contributed by atoms with Gasteiger partial charge in [0.15, 0.2) is 5.96 Å². The number of sulfonamides is 1. The lowest BCUT2D eigenvalue weighted by Gasteiger charge is -2.15. The number of nitrogens with zero attached hydrogens (tertiary/aromatic N) is 1. The highest BCUT2D eigenvalue weighted by atomic mass is 32.2. The Morgan fingerprint density at radius 2 is 1.95 bits per heavy atom. The molecule has 1 aromatic rings. The van der Waals surface area contributed by atoms with Gasteiger partial charge in [0, 0.05) is 18.5 Å². The van der Waals surface area contributed by atoms with Crippen LogP contribution in [0.5, 0.6) is 0 Å². The van der Waals surface area contributed by atoms with Crippen molar-refractivity contribution in [3.63, 3.8) is 0 Å². The second kappa shape index (κ2) is 7.11. The first kappa shape index (κ1) is 16.8. The topological polar surface area (TPSA) is 96.6 Å². The van der Waals surface area contributed by atoms with E-state index in [1.807, 2.05) is 13.0 Å². The van der Waals surface area contributed by atoms with Crippen LogP contribution in [0.25, 0.3) is 0 Å². The second-order valence-electron chi connectivity index (χ2n) is 5.64. The van der Waals surface area contributed by atoms with Gasteiger partial charge in [0.05, 0.1) is 12.3 Å². The number of nitrogens with one attached hydrogen (secondary N) is 2. The zero-order valence-corrected chi connectivity index (χ0v) is 13.7. The Bertz CT molecular complexity index is 610. The molecule has 1 fully saturated rings. The summed E-state index contributed by atoms with van der Waals surface area (Å²) in [7, 11) is -3.45. The molecular formula is C15H24N4O2S. The summed E-state index contributed by atoms with van der Waals surface area (Å²) in [4.78, 5) is 4.60. The average molecular weight is 324 g/mol. The van der Waals surface area contributed by atoms with E-state index in [4.69, 9.17) is 5.14 Å². The quantitative estimate of drug-likeness (QED) is 0.504. The molecule has 6 nitrogen and oxygen atoms in total. The molecule has 0 bridgehead atoms. The molecule has 1 aliphatic rings. The number of hydrogen-bond donors (Lipinski definition) is 3. The third kappa shape index (κ3) is 4.99. The lowest BCUT2D eigenvalue weighted by atomic mass is 9.96. The van der Waals surface area contributed by atoms with Crippen molar-refractivity contribution < 1.29 is 8.42 Å². The molecule has 0 unspecified atom stereocenters. The van der Waals surface area contributed by atoms with Gasteiger partial charge in [-0.25, -0.2) is 13.6 Å². The number of rotatable bonds is 7. The number of primary sulfonamides is 1. The van der Waals surface area contributed by atoms with E-state index in [1.165, 1.54) is 5.56 Å². The van der Waals surface area contributed by atoms with Crippen LogP contribution in [-0.4, -0.2) is 39.8 Å². The van der Waals surface area contributed by atoms with E-state index >= 15 is 0 Å². The Labute approximate surface area is 132 Å². The molecule has 0 amide bonds. The maximum Gasteiger partial charge on any atom is 0.210 e. The van der Waals surface area contributed by atoms with Crippen molar-refractivity contribution in [1.29, 1.82) is 0 Å². The number of benzene rings is 1. The normalized spacial score (nSPS) is 17.1. The first-order valence-corrected chi connectivity index (χ1v) is 9.25. The zero-order chi connectivity index (χ0) is 16.1.